The molecule has 0 aliphatic carbocycles. The molecule has 1 aliphatic rings. The first-order valence-corrected chi connectivity index (χ1v) is 6.96. The average Bonchev–Trinajstić information content (AvgIpc) is 3.06. The highest BCUT2D eigenvalue weighted by Gasteiger charge is 2.23. The van der Waals surface area contributed by atoms with Gasteiger partial charge in [-0.2, -0.15) is 5.10 Å². The molecular formula is C14H19N5O. The lowest BCUT2D eigenvalue weighted by Gasteiger charge is -2.16. The van der Waals surface area contributed by atoms with Crippen LogP contribution in [0.15, 0.2) is 35.8 Å². The molecule has 1 unspecified atom stereocenters. The molecule has 0 radical (unpaired) electrons. The molecule has 1 fully saturated rings. The third kappa shape index (κ3) is 2.80. The number of rotatable bonds is 4. The van der Waals surface area contributed by atoms with Crippen molar-refractivity contribution in [3.05, 3.63) is 46.9 Å². The van der Waals surface area contributed by atoms with Crippen molar-refractivity contribution in [3.63, 3.8) is 0 Å². The second-order valence-electron chi connectivity index (χ2n) is 5.35. The molecule has 1 atom stereocenters. The number of aromatic nitrogens is 4. The maximum Gasteiger partial charge on any atom is 0.269 e. The smallest absolute Gasteiger partial charge is 0.269 e. The number of likely N-dealkylation sites (tertiary alicyclic amines) is 1. The molecule has 0 amide bonds. The summed E-state index contributed by atoms with van der Waals surface area (Å²) < 4.78 is 3.77. The molecule has 1 saturated heterocycles. The highest BCUT2D eigenvalue weighted by molar-refractivity contribution is 5.01. The van der Waals surface area contributed by atoms with Gasteiger partial charge < -0.3 is 4.57 Å². The van der Waals surface area contributed by atoms with E-state index in [0.29, 0.717) is 12.6 Å². The zero-order chi connectivity index (χ0) is 13.9. The molecule has 1 aliphatic heterocycles. The molecule has 0 saturated carbocycles. The van der Waals surface area contributed by atoms with Crippen molar-refractivity contribution in [2.75, 3.05) is 19.6 Å². The third-order valence-electron chi connectivity index (χ3n) is 3.81. The van der Waals surface area contributed by atoms with Crippen molar-refractivity contribution in [2.24, 2.45) is 0 Å². The van der Waals surface area contributed by atoms with Gasteiger partial charge in [-0.15, -0.1) is 0 Å². The van der Waals surface area contributed by atoms with Crippen LogP contribution in [0.1, 0.15) is 18.0 Å². The van der Waals surface area contributed by atoms with E-state index in [0.717, 1.165) is 26.1 Å². The molecule has 0 spiro atoms. The van der Waals surface area contributed by atoms with E-state index in [2.05, 4.69) is 32.8 Å². The van der Waals surface area contributed by atoms with Gasteiger partial charge in [0.1, 0.15) is 0 Å². The summed E-state index contributed by atoms with van der Waals surface area (Å²) in [5.74, 6) is 0. The largest absolute Gasteiger partial charge is 0.311 e. The summed E-state index contributed by atoms with van der Waals surface area (Å²) in [5, 5.41) is 4.39. The summed E-state index contributed by atoms with van der Waals surface area (Å²) in [6.45, 7) is 5.73. The first-order chi connectivity index (χ1) is 9.72. The fourth-order valence-corrected chi connectivity index (χ4v) is 2.67. The standard InChI is InChI=1S/C14H19N5O/c1-12-8-16-19(10-12)13-2-4-17(11-13)6-7-18-5-3-15-9-14(18)20/h3,5,8-10,13H,2,4,6-7,11H2,1H3. The highest BCUT2D eigenvalue weighted by Crippen LogP contribution is 2.20. The predicted molar refractivity (Wildman–Crippen MR) is 75.6 cm³/mol. The average molecular weight is 273 g/mol. The minimum absolute atomic E-state index is 0.0362. The summed E-state index contributed by atoms with van der Waals surface area (Å²) in [6.07, 6.45) is 9.87. The van der Waals surface area contributed by atoms with Crippen molar-refractivity contribution in [2.45, 2.75) is 25.9 Å². The first-order valence-electron chi connectivity index (χ1n) is 6.96. The van der Waals surface area contributed by atoms with E-state index in [-0.39, 0.29) is 5.56 Å². The van der Waals surface area contributed by atoms with Crippen LogP contribution >= 0.6 is 0 Å². The van der Waals surface area contributed by atoms with Gasteiger partial charge >= 0.3 is 0 Å². The van der Waals surface area contributed by atoms with Crippen LogP contribution in [0.25, 0.3) is 0 Å². The van der Waals surface area contributed by atoms with Crippen LogP contribution < -0.4 is 5.56 Å². The molecule has 20 heavy (non-hydrogen) atoms. The zero-order valence-electron chi connectivity index (χ0n) is 11.6. The van der Waals surface area contributed by atoms with Crippen LogP contribution in [0.2, 0.25) is 0 Å². The van der Waals surface area contributed by atoms with Crippen molar-refractivity contribution in [1.29, 1.82) is 0 Å². The topological polar surface area (TPSA) is 56.0 Å². The lowest BCUT2D eigenvalue weighted by molar-refractivity contribution is 0.303. The predicted octanol–water partition coefficient (Wildman–Crippen LogP) is 0.695. The van der Waals surface area contributed by atoms with E-state index in [1.807, 2.05) is 6.20 Å². The Morgan fingerprint density at radius 3 is 3.00 bits per heavy atom. The fourth-order valence-electron chi connectivity index (χ4n) is 2.67. The Balaban J connectivity index is 1.56. The van der Waals surface area contributed by atoms with Crippen LogP contribution in [0.4, 0.5) is 0 Å². The molecule has 0 aromatic carbocycles. The van der Waals surface area contributed by atoms with Crippen LogP contribution in [-0.4, -0.2) is 43.9 Å². The quantitative estimate of drug-likeness (QED) is 0.822. The van der Waals surface area contributed by atoms with E-state index < -0.39 is 0 Å². The Morgan fingerprint density at radius 1 is 1.35 bits per heavy atom. The van der Waals surface area contributed by atoms with Crippen molar-refractivity contribution in [3.8, 4) is 0 Å². The van der Waals surface area contributed by atoms with Gasteiger partial charge in [-0.25, -0.2) is 0 Å². The van der Waals surface area contributed by atoms with E-state index in [9.17, 15) is 4.79 Å². The van der Waals surface area contributed by atoms with Crippen molar-refractivity contribution < 1.29 is 0 Å². The Bertz CT molecular complexity index is 632. The van der Waals surface area contributed by atoms with Gasteiger partial charge in [0.15, 0.2) is 0 Å². The number of aryl methyl sites for hydroxylation is 1. The molecular weight excluding hydrogens is 254 g/mol. The molecule has 0 N–H and O–H groups in total. The molecule has 2 aromatic heterocycles. The number of hydrogen-bond donors (Lipinski definition) is 0. The van der Waals surface area contributed by atoms with Gasteiger partial charge in [0.2, 0.25) is 0 Å². The summed E-state index contributed by atoms with van der Waals surface area (Å²) in [6, 6.07) is 0.456. The lowest BCUT2D eigenvalue weighted by Crippen LogP contribution is -2.29. The molecule has 6 heteroatoms. The SMILES string of the molecule is Cc1cnn(C2CCN(CCn3ccncc3=O)C2)c1. The monoisotopic (exact) mass is 273 g/mol. The van der Waals surface area contributed by atoms with Crippen molar-refractivity contribution >= 4 is 0 Å². The number of nitrogens with zero attached hydrogens (tertiary/aromatic N) is 5. The summed E-state index contributed by atoms with van der Waals surface area (Å²) in [5.41, 5.74) is 1.16. The fraction of sp³-hybridized carbons (Fsp3) is 0.500. The molecule has 0 bridgehead atoms. The van der Waals surface area contributed by atoms with Crippen LogP contribution in [-0.2, 0) is 6.54 Å². The minimum Gasteiger partial charge on any atom is -0.311 e. The number of hydrogen-bond acceptors (Lipinski definition) is 4. The van der Waals surface area contributed by atoms with Gasteiger partial charge in [0.05, 0.1) is 18.4 Å². The Kier molecular flexibility index (Phi) is 3.64. The molecule has 2 aromatic rings. The third-order valence-corrected chi connectivity index (χ3v) is 3.81. The Hall–Kier alpha value is -1.95. The second-order valence-corrected chi connectivity index (χ2v) is 5.35. The van der Waals surface area contributed by atoms with Crippen LogP contribution in [0.3, 0.4) is 0 Å². The minimum atomic E-state index is -0.0362. The van der Waals surface area contributed by atoms with E-state index in [4.69, 9.17) is 0 Å². The van der Waals surface area contributed by atoms with Crippen LogP contribution in [0.5, 0.6) is 0 Å². The summed E-state index contributed by atoms with van der Waals surface area (Å²) >= 11 is 0. The van der Waals surface area contributed by atoms with Gasteiger partial charge in [-0.3, -0.25) is 19.4 Å². The van der Waals surface area contributed by atoms with Gasteiger partial charge in [-0.05, 0) is 18.9 Å². The lowest BCUT2D eigenvalue weighted by atomic mass is 10.3. The Morgan fingerprint density at radius 2 is 2.25 bits per heavy atom. The van der Waals surface area contributed by atoms with E-state index in [1.54, 1.807) is 17.0 Å². The highest BCUT2D eigenvalue weighted by atomic mass is 16.1. The first kappa shape index (κ1) is 13.1. The van der Waals surface area contributed by atoms with Gasteiger partial charge in [-0.1, -0.05) is 0 Å². The molecule has 3 rings (SSSR count). The van der Waals surface area contributed by atoms with Crippen molar-refractivity contribution in [1.82, 2.24) is 24.2 Å². The maximum absolute atomic E-state index is 11.6. The summed E-state index contributed by atoms with van der Waals surface area (Å²) in [4.78, 5) is 17.8. The molecule has 106 valence electrons. The van der Waals surface area contributed by atoms with Crippen LogP contribution in [0, 0.1) is 6.92 Å². The molecule has 3 heterocycles. The normalized spacial score (nSPS) is 19.6. The maximum atomic E-state index is 11.6. The van der Waals surface area contributed by atoms with E-state index in [1.165, 1.54) is 11.8 Å². The van der Waals surface area contributed by atoms with E-state index >= 15 is 0 Å². The Labute approximate surface area is 117 Å². The van der Waals surface area contributed by atoms with Gasteiger partial charge in [0, 0.05) is 44.8 Å². The zero-order valence-corrected chi connectivity index (χ0v) is 11.6. The molecule has 6 nitrogen and oxygen atoms in total. The second kappa shape index (κ2) is 5.58. The summed E-state index contributed by atoms with van der Waals surface area (Å²) in [7, 11) is 0. The van der Waals surface area contributed by atoms with Gasteiger partial charge in [0.25, 0.3) is 5.56 Å².